The van der Waals surface area contributed by atoms with Crippen molar-refractivity contribution in [2.45, 2.75) is 49.8 Å². The van der Waals surface area contributed by atoms with Crippen LogP contribution in [-0.4, -0.2) is 32.8 Å². The lowest BCUT2D eigenvalue weighted by atomic mass is 9.82. The highest BCUT2D eigenvalue weighted by Gasteiger charge is 2.40. The largest absolute Gasteiger partial charge is 0.388 e. The van der Waals surface area contributed by atoms with E-state index in [0.717, 1.165) is 23.1 Å². The van der Waals surface area contributed by atoms with Gasteiger partial charge in [-0.05, 0) is 66.3 Å². The van der Waals surface area contributed by atoms with Crippen LogP contribution in [-0.2, 0) is 16.0 Å². The molecule has 48 heavy (non-hydrogen) atoms. The number of nitrogens with two attached hydrogens (primary N) is 1. The molecule has 5 aromatic rings. The summed E-state index contributed by atoms with van der Waals surface area (Å²) in [4.78, 5) is 36.9. The summed E-state index contributed by atoms with van der Waals surface area (Å²) in [7, 11) is 0. The van der Waals surface area contributed by atoms with Crippen LogP contribution in [0.5, 0.6) is 0 Å². The maximum atomic E-state index is 14.0. The number of carbonyl (C=O) groups excluding carboxylic acids is 2. The summed E-state index contributed by atoms with van der Waals surface area (Å²) in [5.41, 5.74) is 10.2. The Labute approximate surface area is 281 Å². The Balaban J connectivity index is 1.32. The van der Waals surface area contributed by atoms with Gasteiger partial charge in [-0.25, -0.2) is 4.98 Å². The van der Waals surface area contributed by atoms with E-state index in [1.807, 2.05) is 121 Å². The summed E-state index contributed by atoms with van der Waals surface area (Å²) >= 11 is 0. The molecule has 3 aromatic carbocycles. The number of pyridine rings is 2. The smallest absolute Gasteiger partial charge is 0.228 e. The molecule has 3 unspecified atom stereocenters. The van der Waals surface area contributed by atoms with Crippen molar-refractivity contribution in [3.8, 4) is 0 Å². The molecule has 0 bridgehead atoms. The second-order valence-corrected chi connectivity index (χ2v) is 12.4. The summed E-state index contributed by atoms with van der Waals surface area (Å²) in [6, 6.07) is 36.8. The highest BCUT2D eigenvalue weighted by molar-refractivity contribution is 5.98. The predicted octanol–water partition coefficient (Wildman–Crippen LogP) is 6.64. The highest BCUT2D eigenvalue weighted by Crippen LogP contribution is 2.44. The molecule has 8 nitrogen and oxygen atoms in total. The number of hydrogen-bond donors (Lipinski definition) is 4. The molecule has 1 aliphatic carbocycles. The number of nitrogens with one attached hydrogen (secondary N) is 2. The molecule has 1 saturated carbocycles. The average Bonchev–Trinajstić information content (AvgIpc) is 3.63. The Morgan fingerprint density at radius 1 is 0.771 bits per heavy atom. The molecule has 0 radical (unpaired) electrons. The number of Topliss-reactive ketones (excluding diaryl/α,β-unsaturated/α-hetero) is 1. The number of aliphatic hydroxyl groups is 1. The first-order chi connectivity index (χ1) is 23.5. The molecule has 1 amide bonds. The second-order valence-electron chi connectivity index (χ2n) is 12.4. The van der Waals surface area contributed by atoms with Crippen LogP contribution >= 0.6 is 0 Å². The monoisotopic (exact) mass is 639 g/mol. The number of amides is 1. The summed E-state index contributed by atoms with van der Waals surface area (Å²) in [5.74, 6) is -1.18. The van der Waals surface area contributed by atoms with Gasteiger partial charge in [0, 0.05) is 35.6 Å². The van der Waals surface area contributed by atoms with E-state index < -0.39 is 35.9 Å². The van der Waals surface area contributed by atoms with Gasteiger partial charge >= 0.3 is 0 Å². The van der Waals surface area contributed by atoms with E-state index in [2.05, 4.69) is 20.6 Å². The number of para-hydroxylation sites is 1. The van der Waals surface area contributed by atoms with Gasteiger partial charge in [0.1, 0.15) is 5.82 Å². The Kier molecular flexibility index (Phi) is 10.6. The Hall–Kier alpha value is -5.18. The molecule has 2 heterocycles. The number of aromatic nitrogens is 2. The van der Waals surface area contributed by atoms with Crippen LogP contribution in [0, 0.1) is 11.8 Å². The van der Waals surface area contributed by atoms with E-state index in [1.54, 1.807) is 12.4 Å². The fraction of sp³-hybridized carbons (Fsp3) is 0.250. The van der Waals surface area contributed by atoms with Crippen molar-refractivity contribution in [3.63, 3.8) is 0 Å². The van der Waals surface area contributed by atoms with Gasteiger partial charge in [0.2, 0.25) is 5.91 Å². The Morgan fingerprint density at radius 2 is 1.42 bits per heavy atom. The minimum Gasteiger partial charge on any atom is -0.388 e. The third-order valence-electron chi connectivity index (χ3n) is 9.27. The summed E-state index contributed by atoms with van der Waals surface area (Å²) in [5, 5.41) is 18.7. The lowest BCUT2D eigenvalue weighted by molar-refractivity contribution is -0.130. The number of anilines is 2. The third kappa shape index (κ3) is 7.68. The van der Waals surface area contributed by atoms with Crippen LogP contribution in [0.25, 0.3) is 0 Å². The molecule has 0 aliphatic heterocycles. The predicted molar refractivity (Wildman–Crippen MR) is 188 cm³/mol. The lowest BCUT2D eigenvalue weighted by Gasteiger charge is -2.33. The zero-order chi connectivity index (χ0) is 33.3. The van der Waals surface area contributed by atoms with Crippen LogP contribution in [0.1, 0.15) is 59.7 Å². The molecule has 244 valence electrons. The molecule has 1 aliphatic rings. The van der Waals surface area contributed by atoms with Crippen molar-refractivity contribution in [2.75, 3.05) is 10.6 Å². The molecule has 6 atom stereocenters. The molecule has 8 heteroatoms. The number of rotatable bonds is 13. The number of carbonyl (C=O) groups is 2. The van der Waals surface area contributed by atoms with Crippen LogP contribution in [0.3, 0.4) is 0 Å². The number of hydrogen-bond acceptors (Lipinski definition) is 7. The highest BCUT2D eigenvalue weighted by atomic mass is 16.3. The van der Waals surface area contributed by atoms with Gasteiger partial charge in [-0.2, -0.15) is 0 Å². The van der Waals surface area contributed by atoms with Gasteiger partial charge in [-0.1, -0.05) is 97.4 Å². The van der Waals surface area contributed by atoms with E-state index in [1.165, 1.54) is 0 Å². The number of ketones is 1. The molecular weight excluding hydrogens is 598 g/mol. The first-order valence-corrected chi connectivity index (χ1v) is 16.5. The van der Waals surface area contributed by atoms with Crippen molar-refractivity contribution in [1.29, 1.82) is 0 Å². The van der Waals surface area contributed by atoms with Crippen molar-refractivity contribution in [1.82, 2.24) is 9.97 Å². The van der Waals surface area contributed by atoms with Gasteiger partial charge in [-0.3, -0.25) is 14.6 Å². The summed E-state index contributed by atoms with van der Waals surface area (Å²) in [6.07, 6.45) is 4.93. The van der Waals surface area contributed by atoms with Crippen LogP contribution in [0.4, 0.5) is 11.5 Å². The fourth-order valence-electron chi connectivity index (χ4n) is 6.88. The topological polar surface area (TPSA) is 130 Å². The number of nitrogens with zero attached hydrogens (tertiary/aromatic N) is 2. The number of aliphatic hydroxyl groups excluding tert-OH is 1. The molecule has 6 rings (SSSR count). The lowest BCUT2D eigenvalue weighted by Crippen LogP contribution is -2.41. The maximum absolute atomic E-state index is 14.0. The molecule has 5 N–H and O–H groups in total. The van der Waals surface area contributed by atoms with Crippen molar-refractivity contribution in [3.05, 3.63) is 156 Å². The number of benzene rings is 3. The van der Waals surface area contributed by atoms with Gasteiger partial charge < -0.3 is 21.5 Å². The third-order valence-corrected chi connectivity index (χ3v) is 9.27. The van der Waals surface area contributed by atoms with Crippen molar-refractivity contribution < 1.29 is 14.7 Å². The quantitative estimate of drug-likeness (QED) is 0.114. The van der Waals surface area contributed by atoms with Crippen LogP contribution in [0.15, 0.2) is 134 Å². The van der Waals surface area contributed by atoms with Gasteiger partial charge in [0.15, 0.2) is 5.78 Å². The van der Waals surface area contributed by atoms with E-state index >= 15 is 0 Å². The standard InChI is InChI=1S/C40H41N5O3/c41-32(26-27-14-3-1-4-15-27)39(47)29-19-13-20-30(29)40(48)44-33-21-8-7-18-31(33)37(45-35-23-10-12-25-43-35)36(34-22-9-11-24-42-34)38(46)28-16-5-2-6-17-28/h1-12,14-18,21-25,29-30,32,36-38,46H,13,19-20,26,41H2,(H,43,45)(H,44,48)/t29?,30?,32-,36+,37?,38-/m0/s1. The minimum atomic E-state index is -0.950. The zero-order valence-electron chi connectivity index (χ0n) is 26.7. The first-order valence-electron chi connectivity index (χ1n) is 16.5. The Morgan fingerprint density at radius 3 is 2.12 bits per heavy atom. The zero-order valence-corrected chi connectivity index (χ0v) is 26.7. The van der Waals surface area contributed by atoms with Gasteiger partial charge in [0.05, 0.1) is 24.1 Å². The van der Waals surface area contributed by atoms with Crippen molar-refractivity contribution in [2.24, 2.45) is 17.6 Å². The van der Waals surface area contributed by atoms with Crippen LogP contribution < -0.4 is 16.4 Å². The van der Waals surface area contributed by atoms with E-state index in [9.17, 15) is 14.7 Å². The molecule has 0 spiro atoms. The maximum Gasteiger partial charge on any atom is 0.228 e. The fourth-order valence-corrected chi connectivity index (χ4v) is 6.88. The minimum absolute atomic E-state index is 0.0688. The average molecular weight is 640 g/mol. The summed E-state index contributed by atoms with van der Waals surface area (Å²) < 4.78 is 0. The first kappa shape index (κ1) is 32.7. The van der Waals surface area contributed by atoms with E-state index in [0.29, 0.717) is 36.5 Å². The SMILES string of the molecule is N[C@@H](Cc1ccccc1)C(=O)C1CCCC1C(=O)Nc1ccccc1C(Nc1ccccn1)[C@@H](c1ccccn1)[C@@H](O)c1ccccc1. The summed E-state index contributed by atoms with van der Waals surface area (Å²) in [6.45, 7) is 0. The second kappa shape index (κ2) is 15.6. The Bertz CT molecular complexity index is 1770. The van der Waals surface area contributed by atoms with E-state index in [4.69, 9.17) is 5.73 Å². The molecule has 0 saturated heterocycles. The van der Waals surface area contributed by atoms with Gasteiger partial charge in [0.25, 0.3) is 0 Å². The van der Waals surface area contributed by atoms with Crippen molar-refractivity contribution >= 4 is 23.2 Å². The molecule has 2 aromatic heterocycles. The normalized spacial score (nSPS) is 18.3. The van der Waals surface area contributed by atoms with E-state index in [-0.39, 0.29) is 11.7 Å². The van der Waals surface area contributed by atoms with Crippen LogP contribution in [0.2, 0.25) is 0 Å². The molecule has 1 fully saturated rings. The molecular formula is C40H41N5O3. The van der Waals surface area contributed by atoms with Gasteiger partial charge in [-0.15, -0.1) is 0 Å².